The van der Waals surface area contributed by atoms with Crippen molar-refractivity contribution in [2.45, 2.75) is 32.4 Å². The maximum atomic E-state index is 13.7. The van der Waals surface area contributed by atoms with Crippen LogP contribution in [0.2, 0.25) is 0 Å². The van der Waals surface area contributed by atoms with Crippen molar-refractivity contribution >= 4 is 5.96 Å². The van der Waals surface area contributed by atoms with E-state index in [4.69, 9.17) is 4.74 Å². The van der Waals surface area contributed by atoms with Crippen LogP contribution in [0, 0.1) is 11.7 Å². The SMILES string of the molecule is CN=C(NCC(C)Oc1ccccc1F)N1CCC(C)C(n2ccnc2)C1. The maximum Gasteiger partial charge on any atom is 0.193 e. The second kappa shape index (κ2) is 8.88. The molecule has 1 fully saturated rings. The minimum atomic E-state index is -0.345. The number of imidazole rings is 1. The number of para-hydroxylation sites is 1. The smallest absolute Gasteiger partial charge is 0.193 e. The molecule has 7 heteroatoms. The fourth-order valence-electron chi connectivity index (χ4n) is 3.46. The molecule has 3 rings (SSSR count). The molecule has 0 radical (unpaired) electrons. The second-order valence-electron chi connectivity index (χ2n) is 7.08. The van der Waals surface area contributed by atoms with Crippen molar-refractivity contribution in [1.29, 1.82) is 0 Å². The Bertz CT molecular complexity index is 749. The first-order valence-corrected chi connectivity index (χ1v) is 9.42. The number of rotatable bonds is 5. The third-order valence-electron chi connectivity index (χ3n) is 5.05. The number of nitrogens with zero attached hydrogens (tertiary/aromatic N) is 4. The number of hydrogen-bond acceptors (Lipinski definition) is 3. The van der Waals surface area contributed by atoms with Gasteiger partial charge in [0.05, 0.1) is 18.9 Å². The zero-order valence-electron chi connectivity index (χ0n) is 16.2. The number of nitrogens with one attached hydrogen (secondary N) is 1. The minimum absolute atomic E-state index is 0.188. The lowest BCUT2D eigenvalue weighted by Crippen LogP contribution is -2.50. The Kier molecular flexibility index (Phi) is 6.32. The van der Waals surface area contributed by atoms with E-state index >= 15 is 0 Å². The molecule has 0 saturated carbocycles. The third-order valence-corrected chi connectivity index (χ3v) is 5.05. The highest BCUT2D eigenvalue weighted by Gasteiger charge is 2.29. The van der Waals surface area contributed by atoms with E-state index in [9.17, 15) is 4.39 Å². The van der Waals surface area contributed by atoms with Crippen LogP contribution in [-0.2, 0) is 0 Å². The Labute approximate surface area is 160 Å². The van der Waals surface area contributed by atoms with Crippen LogP contribution in [0.15, 0.2) is 48.0 Å². The molecule has 0 aliphatic carbocycles. The molecule has 1 N–H and O–H groups in total. The van der Waals surface area contributed by atoms with Crippen molar-refractivity contribution in [3.63, 3.8) is 0 Å². The number of benzene rings is 1. The minimum Gasteiger partial charge on any atom is -0.486 e. The molecular formula is C20H28FN5O. The van der Waals surface area contributed by atoms with Crippen LogP contribution in [0.1, 0.15) is 26.3 Å². The molecule has 146 valence electrons. The molecule has 0 bridgehead atoms. The van der Waals surface area contributed by atoms with Gasteiger partial charge in [0.2, 0.25) is 0 Å². The summed E-state index contributed by atoms with van der Waals surface area (Å²) in [6, 6.07) is 6.83. The fraction of sp³-hybridized carbons (Fsp3) is 0.500. The van der Waals surface area contributed by atoms with Crippen molar-refractivity contribution in [2.24, 2.45) is 10.9 Å². The summed E-state index contributed by atoms with van der Waals surface area (Å²) >= 11 is 0. The lowest BCUT2D eigenvalue weighted by atomic mass is 9.93. The summed E-state index contributed by atoms with van der Waals surface area (Å²) in [5, 5.41) is 3.36. The summed E-state index contributed by atoms with van der Waals surface area (Å²) in [5.74, 6) is 1.35. The van der Waals surface area contributed by atoms with Gasteiger partial charge in [-0.2, -0.15) is 0 Å². The number of hydrogen-bond donors (Lipinski definition) is 1. The summed E-state index contributed by atoms with van der Waals surface area (Å²) in [7, 11) is 1.79. The van der Waals surface area contributed by atoms with Gasteiger partial charge in [0.25, 0.3) is 0 Å². The summed E-state index contributed by atoms with van der Waals surface area (Å²) in [6.45, 7) is 6.57. The fourth-order valence-corrected chi connectivity index (χ4v) is 3.46. The average molecular weight is 373 g/mol. The molecule has 1 saturated heterocycles. The second-order valence-corrected chi connectivity index (χ2v) is 7.08. The average Bonchev–Trinajstić information content (AvgIpc) is 3.20. The predicted octanol–water partition coefficient (Wildman–Crippen LogP) is 2.95. The van der Waals surface area contributed by atoms with E-state index in [1.54, 1.807) is 25.2 Å². The van der Waals surface area contributed by atoms with E-state index in [2.05, 4.69) is 31.7 Å². The van der Waals surface area contributed by atoms with Crippen LogP contribution in [0.5, 0.6) is 5.75 Å². The topological polar surface area (TPSA) is 54.7 Å². The molecule has 27 heavy (non-hydrogen) atoms. The molecule has 2 aromatic rings. The van der Waals surface area contributed by atoms with Gasteiger partial charge in [-0.15, -0.1) is 0 Å². The summed E-state index contributed by atoms with van der Waals surface area (Å²) in [6.07, 6.45) is 6.62. The standard InChI is InChI=1S/C20H28FN5O/c1-15-8-10-25(13-18(15)26-11-9-23-14-26)20(22-3)24-12-16(2)27-19-7-5-4-6-17(19)21/h4-7,9,11,14-16,18H,8,10,12-13H2,1-3H3,(H,22,24). The molecular weight excluding hydrogens is 345 g/mol. The van der Waals surface area contributed by atoms with Crippen molar-refractivity contribution < 1.29 is 9.13 Å². The molecule has 0 amide bonds. The van der Waals surface area contributed by atoms with Crippen LogP contribution >= 0.6 is 0 Å². The zero-order chi connectivity index (χ0) is 19.2. The Hall–Kier alpha value is -2.57. The first-order valence-electron chi connectivity index (χ1n) is 9.42. The normalized spacial score (nSPS) is 21.8. The molecule has 6 nitrogen and oxygen atoms in total. The van der Waals surface area contributed by atoms with Gasteiger partial charge in [-0.3, -0.25) is 4.99 Å². The van der Waals surface area contributed by atoms with Crippen molar-refractivity contribution in [3.8, 4) is 5.75 Å². The Morgan fingerprint density at radius 3 is 2.96 bits per heavy atom. The van der Waals surface area contributed by atoms with Crippen molar-refractivity contribution in [1.82, 2.24) is 19.8 Å². The van der Waals surface area contributed by atoms with Crippen LogP contribution in [-0.4, -0.2) is 53.2 Å². The molecule has 1 aromatic carbocycles. The highest BCUT2D eigenvalue weighted by atomic mass is 19.1. The summed E-state index contributed by atoms with van der Waals surface area (Å²) < 4.78 is 21.6. The highest BCUT2D eigenvalue weighted by Crippen LogP contribution is 2.27. The van der Waals surface area contributed by atoms with Gasteiger partial charge in [-0.05, 0) is 31.4 Å². The third kappa shape index (κ3) is 4.78. The van der Waals surface area contributed by atoms with Crippen molar-refractivity contribution in [3.05, 3.63) is 48.8 Å². The van der Waals surface area contributed by atoms with Gasteiger partial charge in [0.15, 0.2) is 17.5 Å². The maximum absolute atomic E-state index is 13.7. The number of likely N-dealkylation sites (tertiary alicyclic amines) is 1. The summed E-state index contributed by atoms with van der Waals surface area (Å²) in [4.78, 5) is 10.9. The molecule has 3 unspecified atom stereocenters. The van der Waals surface area contributed by atoms with E-state index in [0.717, 1.165) is 25.5 Å². The molecule has 3 atom stereocenters. The number of ether oxygens (including phenoxy) is 1. The van der Waals surface area contributed by atoms with Gasteiger partial charge >= 0.3 is 0 Å². The van der Waals surface area contributed by atoms with Crippen molar-refractivity contribution in [2.75, 3.05) is 26.7 Å². The quantitative estimate of drug-likeness (QED) is 0.647. The molecule has 1 aliphatic rings. The van der Waals surface area contributed by atoms with E-state index in [-0.39, 0.29) is 17.7 Å². The van der Waals surface area contributed by atoms with Crippen LogP contribution < -0.4 is 10.1 Å². The molecule has 2 heterocycles. The van der Waals surface area contributed by atoms with Gasteiger partial charge in [-0.1, -0.05) is 19.1 Å². The van der Waals surface area contributed by atoms with Crippen LogP contribution in [0.3, 0.4) is 0 Å². The number of aliphatic imine (C=N–C) groups is 1. The summed E-state index contributed by atoms with van der Waals surface area (Å²) in [5.41, 5.74) is 0. The first-order chi connectivity index (χ1) is 13.1. The van der Waals surface area contributed by atoms with E-state index in [0.29, 0.717) is 18.5 Å². The Morgan fingerprint density at radius 1 is 1.44 bits per heavy atom. The molecule has 1 aromatic heterocycles. The predicted molar refractivity (Wildman–Crippen MR) is 104 cm³/mol. The Balaban J connectivity index is 1.56. The molecule has 1 aliphatic heterocycles. The van der Waals surface area contributed by atoms with Gasteiger partial charge < -0.3 is 19.5 Å². The number of halogens is 1. The lowest BCUT2D eigenvalue weighted by molar-refractivity contribution is 0.183. The highest BCUT2D eigenvalue weighted by molar-refractivity contribution is 5.80. The first kappa shape index (κ1) is 19.2. The number of aromatic nitrogens is 2. The largest absolute Gasteiger partial charge is 0.486 e. The zero-order valence-corrected chi connectivity index (χ0v) is 16.2. The van der Waals surface area contributed by atoms with E-state index in [1.165, 1.54) is 6.07 Å². The lowest BCUT2D eigenvalue weighted by Gasteiger charge is -2.39. The van der Waals surface area contributed by atoms with Gasteiger partial charge in [0, 0.05) is 32.5 Å². The van der Waals surface area contributed by atoms with E-state index < -0.39 is 0 Å². The van der Waals surface area contributed by atoms with Crippen LogP contribution in [0.25, 0.3) is 0 Å². The number of guanidine groups is 1. The number of piperidine rings is 1. The monoisotopic (exact) mass is 373 g/mol. The van der Waals surface area contributed by atoms with Gasteiger partial charge in [-0.25, -0.2) is 9.37 Å². The Morgan fingerprint density at radius 2 is 2.26 bits per heavy atom. The molecule has 0 spiro atoms. The van der Waals surface area contributed by atoms with Gasteiger partial charge in [0.1, 0.15) is 6.10 Å². The van der Waals surface area contributed by atoms with E-state index in [1.807, 2.05) is 25.6 Å². The van der Waals surface area contributed by atoms with Crippen LogP contribution in [0.4, 0.5) is 4.39 Å².